The average molecular weight is 505 g/mol. The van der Waals surface area contributed by atoms with Crippen molar-refractivity contribution in [2.45, 2.75) is 58.1 Å². The third kappa shape index (κ3) is 5.14. The average Bonchev–Trinajstić information content (AvgIpc) is 3.44. The number of carbonyl (C=O) groups excluding carboxylic acids is 1. The van der Waals surface area contributed by atoms with Crippen LogP contribution in [0.15, 0.2) is 10.6 Å². The Labute approximate surface area is 212 Å². The highest BCUT2D eigenvalue weighted by Gasteiger charge is 2.40. The number of β-amino-alcohol motifs (C(OH)–C–C–N with tert-alkyl or cyclic N) is 1. The smallest absolute Gasteiger partial charge is 0.259 e. The molecule has 3 saturated heterocycles. The fourth-order valence-electron chi connectivity index (χ4n) is 5.97. The van der Waals surface area contributed by atoms with E-state index < -0.39 is 0 Å². The molecule has 1 atom stereocenters. The molecule has 0 aliphatic carbocycles. The quantitative estimate of drug-likeness (QED) is 0.668. The van der Waals surface area contributed by atoms with E-state index in [1.165, 1.54) is 23.9 Å². The van der Waals surface area contributed by atoms with Gasteiger partial charge in [-0.1, -0.05) is 23.2 Å². The Balaban J connectivity index is 1.17. The number of likely N-dealkylation sites (tertiary alicyclic amines) is 3. The number of aliphatic hydroxyl groups excluding tert-OH is 1. The lowest BCUT2D eigenvalue weighted by Gasteiger charge is -2.47. The van der Waals surface area contributed by atoms with Gasteiger partial charge in [-0.25, -0.2) is 0 Å². The number of aliphatic hydroxyl groups is 1. The molecule has 0 aromatic carbocycles. The van der Waals surface area contributed by atoms with Crippen molar-refractivity contribution in [3.63, 3.8) is 0 Å². The first-order valence-corrected chi connectivity index (χ1v) is 13.3. The predicted molar refractivity (Wildman–Crippen MR) is 133 cm³/mol. The second-order valence-electron chi connectivity index (χ2n) is 10.6. The second-order valence-corrected chi connectivity index (χ2v) is 11.0. The SMILES string of the molecule is Cc1cc(-c2nn(C)c(Cl)c2C(=O)N2CCC3(CCN(CC(O)N4CCCCC4)CC3)CC2)no1. The first-order chi connectivity index (χ1) is 16.8. The maximum absolute atomic E-state index is 13.5. The minimum Gasteiger partial charge on any atom is -0.377 e. The first-order valence-electron chi connectivity index (χ1n) is 13.0. The third-order valence-corrected chi connectivity index (χ3v) is 8.76. The lowest BCUT2D eigenvalue weighted by Crippen LogP contribution is -2.51. The van der Waals surface area contributed by atoms with E-state index in [1.807, 2.05) is 11.8 Å². The Morgan fingerprint density at radius 2 is 1.77 bits per heavy atom. The van der Waals surface area contributed by atoms with Crippen LogP contribution in [0.4, 0.5) is 0 Å². The summed E-state index contributed by atoms with van der Waals surface area (Å²) in [6.45, 7) is 8.06. The number of nitrogens with zero attached hydrogens (tertiary/aromatic N) is 6. The standard InChI is InChI=1S/C25H37ClN6O3/c1-18-16-19(28-35-18)22-21(23(26)29(2)27-22)24(34)32-14-8-25(9-15-32)6-12-30(13-7-25)17-20(33)31-10-4-3-5-11-31/h16,20,33H,3-15,17H2,1-2H3. The molecule has 10 heteroatoms. The van der Waals surface area contributed by atoms with E-state index in [1.54, 1.807) is 13.1 Å². The van der Waals surface area contributed by atoms with Gasteiger partial charge >= 0.3 is 0 Å². The molecule has 1 spiro atoms. The number of amides is 1. The number of hydrogen-bond donors (Lipinski definition) is 1. The zero-order valence-electron chi connectivity index (χ0n) is 20.9. The highest BCUT2D eigenvalue weighted by atomic mass is 35.5. The minimum atomic E-state index is -0.351. The molecule has 0 saturated carbocycles. The van der Waals surface area contributed by atoms with E-state index in [9.17, 15) is 9.90 Å². The van der Waals surface area contributed by atoms with Crippen molar-refractivity contribution in [3.8, 4) is 11.4 Å². The summed E-state index contributed by atoms with van der Waals surface area (Å²) >= 11 is 6.51. The van der Waals surface area contributed by atoms with Gasteiger partial charge in [0.15, 0.2) is 0 Å². The molecule has 5 heterocycles. The fourth-order valence-corrected chi connectivity index (χ4v) is 6.17. The van der Waals surface area contributed by atoms with Gasteiger partial charge in [-0.15, -0.1) is 0 Å². The van der Waals surface area contributed by atoms with Gasteiger partial charge < -0.3 is 14.5 Å². The van der Waals surface area contributed by atoms with Gasteiger partial charge in [0.2, 0.25) is 0 Å². The lowest BCUT2D eigenvalue weighted by molar-refractivity contribution is -0.0456. The molecule has 3 fully saturated rings. The number of aryl methyl sites for hydroxylation is 2. The van der Waals surface area contributed by atoms with Gasteiger partial charge in [0.25, 0.3) is 5.91 Å². The summed E-state index contributed by atoms with van der Waals surface area (Å²) in [4.78, 5) is 20.1. The molecule has 2 aromatic heterocycles. The van der Waals surface area contributed by atoms with E-state index >= 15 is 0 Å². The summed E-state index contributed by atoms with van der Waals surface area (Å²) in [5.41, 5.74) is 1.69. The van der Waals surface area contributed by atoms with Crippen LogP contribution in [0.3, 0.4) is 0 Å². The number of aromatic nitrogens is 3. The van der Waals surface area contributed by atoms with Crippen LogP contribution in [0, 0.1) is 12.3 Å². The van der Waals surface area contributed by atoms with Crippen LogP contribution in [0.25, 0.3) is 11.4 Å². The predicted octanol–water partition coefficient (Wildman–Crippen LogP) is 3.16. The maximum Gasteiger partial charge on any atom is 0.259 e. The number of rotatable bonds is 5. The molecule has 35 heavy (non-hydrogen) atoms. The van der Waals surface area contributed by atoms with E-state index in [0.29, 0.717) is 27.9 Å². The molecule has 3 aliphatic rings. The number of halogens is 1. The largest absolute Gasteiger partial charge is 0.377 e. The zero-order chi connectivity index (χ0) is 24.6. The maximum atomic E-state index is 13.5. The third-order valence-electron chi connectivity index (χ3n) is 8.32. The Kier molecular flexibility index (Phi) is 7.21. The van der Waals surface area contributed by atoms with Crippen molar-refractivity contribution in [3.05, 3.63) is 22.5 Å². The zero-order valence-corrected chi connectivity index (χ0v) is 21.6. The Bertz CT molecular complexity index is 1030. The van der Waals surface area contributed by atoms with Crippen LogP contribution in [0.2, 0.25) is 5.15 Å². The molecule has 192 valence electrons. The van der Waals surface area contributed by atoms with Crippen molar-refractivity contribution in [1.82, 2.24) is 29.6 Å². The Morgan fingerprint density at radius 1 is 1.11 bits per heavy atom. The molecular weight excluding hydrogens is 468 g/mol. The molecule has 1 N–H and O–H groups in total. The second kappa shape index (κ2) is 10.2. The summed E-state index contributed by atoms with van der Waals surface area (Å²) in [6, 6.07) is 1.77. The van der Waals surface area contributed by atoms with E-state index in [0.717, 1.165) is 71.5 Å². The van der Waals surface area contributed by atoms with Crippen LogP contribution in [-0.4, -0.2) is 92.7 Å². The van der Waals surface area contributed by atoms with E-state index in [4.69, 9.17) is 16.1 Å². The van der Waals surface area contributed by atoms with Crippen LogP contribution in [0.1, 0.15) is 61.1 Å². The topological polar surface area (TPSA) is 90.9 Å². The van der Waals surface area contributed by atoms with Crippen molar-refractivity contribution in [1.29, 1.82) is 0 Å². The van der Waals surface area contributed by atoms with Crippen molar-refractivity contribution >= 4 is 17.5 Å². The molecule has 3 aliphatic heterocycles. The lowest BCUT2D eigenvalue weighted by atomic mass is 9.71. The van der Waals surface area contributed by atoms with Crippen LogP contribution < -0.4 is 0 Å². The highest BCUT2D eigenvalue weighted by molar-refractivity contribution is 6.33. The molecule has 0 bridgehead atoms. The monoisotopic (exact) mass is 504 g/mol. The van der Waals surface area contributed by atoms with Crippen LogP contribution >= 0.6 is 11.6 Å². The fraction of sp³-hybridized carbons (Fsp3) is 0.720. The molecule has 5 rings (SSSR count). The molecule has 2 aromatic rings. The number of hydrogen-bond acceptors (Lipinski definition) is 7. The summed E-state index contributed by atoms with van der Waals surface area (Å²) in [5.74, 6) is 0.575. The summed E-state index contributed by atoms with van der Waals surface area (Å²) in [5, 5.41) is 19.5. The molecule has 1 amide bonds. The van der Waals surface area contributed by atoms with Gasteiger partial charge in [-0.2, -0.15) is 5.10 Å². The number of piperidine rings is 3. The summed E-state index contributed by atoms with van der Waals surface area (Å²) < 4.78 is 6.72. The summed E-state index contributed by atoms with van der Waals surface area (Å²) in [6.07, 6.45) is 7.56. The Morgan fingerprint density at radius 3 is 2.40 bits per heavy atom. The van der Waals surface area contributed by atoms with Gasteiger partial charge in [0, 0.05) is 45.8 Å². The molecule has 1 unspecified atom stereocenters. The van der Waals surface area contributed by atoms with Gasteiger partial charge in [-0.3, -0.25) is 19.3 Å². The first kappa shape index (κ1) is 24.7. The normalized spacial score (nSPS) is 22.6. The minimum absolute atomic E-state index is 0.0873. The highest BCUT2D eigenvalue weighted by Crippen LogP contribution is 2.42. The summed E-state index contributed by atoms with van der Waals surface area (Å²) in [7, 11) is 1.73. The molecular formula is C25H37ClN6O3. The van der Waals surface area contributed by atoms with Crippen LogP contribution in [-0.2, 0) is 7.05 Å². The molecule has 0 radical (unpaired) electrons. The van der Waals surface area contributed by atoms with E-state index in [-0.39, 0.29) is 17.6 Å². The van der Waals surface area contributed by atoms with Crippen LogP contribution in [0.5, 0.6) is 0 Å². The Hall–Kier alpha value is -1.94. The van der Waals surface area contributed by atoms with Crippen molar-refractivity contribution in [2.24, 2.45) is 12.5 Å². The van der Waals surface area contributed by atoms with Crippen molar-refractivity contribution in [2.75, 3.05) is 45.8 Å². The van der Waals surface area contributed by atoms with Gasteiger partial charge in [0.05, 0.1) is 0 Å². The van der Waals surface area contributed by atoms with Gasteiger partial charge in [0.1, 0.15) is 34.1 Å². The molecule has 9 nitrogen and oxygen atoms in total. The van der Waals surface area contributed by atoms with Crippen molar-refractivity contribution < 1.29 is 14.4 Å². The van der Waals surface area contributed by atoms with Gasteiger partial charge in [-0.05, 0) is 64.0 Å². The van der Waals surface area contributed by atoms with E-state index in [2.05, 4.69) is 20.1 Å². The number of carbonyl (C=O) groups is 1.